The fourth-order valence-electron chi connectivity index (χ4n) is 7.01. The minimum atomic E-state index is -1.56. The van der Waals surface area contributed by atoms with Gasteiger partial charge in [-0.2, -0.15) is 0 Å². The van der Waals surface area contributed by atoms with Crippen molar-refractivity contribution in [3.63, 3.8) is 0 Å². The molecular weight excluding hydrogens is 424 g/mol. The Kier molecular flexibility index (Phi) is 8.48. The summed E-state index contributed by atoms with van der Waals surface area (Å²) in [6.45, 7) is 11.5. The first-order valence-electron chi connectivity index (χ1n) is 13.3. The van der Waals surface area contributed by atoms with Gasteiger partial charge in [0.2, 0.25) is 0 Å². The zero-order valence-corrected chi connectivity index (χ0v) is 22.7. The van der Waals surface area contributed by atoms with E-state index in [0.717, 1.165) is 22.6 Å². The molecule has 3 heteroatoms. The monoisotopic (exact) mass is 469 g/mol. The molecule has 4 rings (SSSR count). The molecule has 2 saturated heterocycles. The van der Waals surface area contributed by atoms with Gasteiger partial charge in [-0.05, 0) is 0 Å². The molecule has 2 aromatic rings. The molecule has 0 bridgehead atoms. The van der Waals surface area contributed by atoms with E-state index in [4.69, 9.17) is 0 Å². The van der Waals surface area contributed by atoms with Crippen LogP contribution < -0.4 is 0 Å². The first kappa shape index (κ1) is 24.4. The molecule has 0 saturated carbocycles. The second kappa shape index (κ2) is 11.1. The van der Waals surface area contributed by atoms with Gasteiger partial charge < -0.3 is 0 Å². The summed E-state index contributed by atoms with van der Waals surface area (Å²) in [4.78, 5) is 0. The summed E-state index contributed by atoms with van der Waals surface area (Å²) in [5, 5.41) is 0. The molecule has 32 heavy (non-hydrogen) atoms. The SMILES string of the molecule is CCCCN(P1[C@H](c2ccccc2)CC[C@H]1c1ccccc1)[PH]1(C)[C@H](CC)CC[C@H]1CC. The average Bonchev–Trinajstić information content (AvgIpc) is 3.42. The van der Waals surface area contributed by atoms with Crippen molar-refractivity contribution < 1.29 is 0 Å². The molecule has 0 radical (unpaired) electrons. The van der Waals surface area contributed by atoms with Gasteiger partial charge in [-0.15, -0.1) is 0 Å². The van der Waals surface area contributed by atoms with Gasteiger partial charge in [-0.1, -0.05) is 0 Å². The third kappa shape index (κ3) is 4.60. The van der Waals surface area contributed by atoms with Crippen molar-refractivity contribution in [3.8, 4) is 0 Å². The third-order valence-electron chi connectivity index (χ3n) is 8.78. The van der Waals surface area contributed by atoms with E-state index in [9.17, 15) is 0 Å². The van der Waals surface area contributed by atoms with Crippen molar-refractivity contribution in [1.29, 1.82) is 0 Å². The van der Waals surface area contributed by atoms with E-state index in [0.29, 0.717) is 0 Å². The van der Waals surface area contributed by atoms with Crippen LogP contribution in [0.3, 0.4) is 0 Å². The summed E-state index contributed by atoms with van der Waals surface area (Å²) < 4.78 is 3.30. The Balaban J connectivity index is 1.81. The molecule has 0 amide bonds. The van der Waals surface area contributed by atoms with Gasteiger partial charge in [0.25, 0.3) is 0 Å². The minimum absolute atomic E-state index is 0.229. The van der Waals surface area contributed by atoms with Gasteiger partial charge in [-0.25, -0.2) is 0 Å². The third-order valence-corrected chi connectivity index (χ3v) is 20.0. The van der Waals surface area contributed by atoms with Gasteiger partial charge in [0, 0.05) is 0 Å². The van der Waals surface area contributed by atoms with Crippen molar-refractivity contribution >= 4 is 15.5 Å². The van der Waals surface area contributed by atoms with E-state index in [1.807, 2.05) is 0 Å². The summed E-state index contributed by atoms with van der Waals surface area (Å²) in [6.07, 6.45) is 11.1. The zero-order chi connectivity index (χ0) is 22.6. The molecular formula is C29H45NP2. The van der Waals surface area contributed by atoms with Gasteiger partial charge in [-0.3, -0.25) is 0 Å². The van der Waals surface area contributed by atoms with E-state index in [1.165, 1.54) is 57.9 Å². The number of hydrogen-bond acceptors (Lipinski definition) is 1. The van der Waals surface area contributed by atoms with Crippen LogP contribution in [-0.2, 0) is 0 Å². The Hall–Kier alpha value is -0.740. The fourth-order valence-corrected chi connectivity index (χ4v) is 19.4. The predicted octanol–water partition coefficient (Wildman–Crippen LogP) is 9.41. The van der Waals surface area contributed by atoms with Crippen molar-refractivity contribution in [1.82, 2.24) is 4.44 Å². The first-order chi connectivity index (χ1) is 15.6. The number of unbranched alkanes of at least 4 members (excludes halogenated alkanes) is 1. The predicted molar refractivity (Wildman–Crippen MR) is 148 cm³/mol. The normalized spacial score (nSPS) is 28.9. The van der Waals surface area contributed by atoms with Gasteiger partial charge in [0.15, 0.2) is 0 Å². The van der Waals surface area contributed by atoms with Crippen LogP contribution in [0.15, 0.2) is 60.7 Å². The van der Waals surface area contributed by atoms with E-state index in [-0.39, 0.29) is 8.07 Å². The molecule has 0 N–H and O–H groups in total. The Labute approximate surface area is 199 Å². The van der Waals surface area contributed by atoms with E-state index < -0.39 is 7.41 Å². The summed E-state index contributed by atoms with van der Waals surface area (Å²) in [5.41, 5.74) is 6.62. The van der Waals surface area contributed by atoms with Gasteiger partial charge >= 0.3 is 200 Å². The molecule has 0 aromatic heterocycles. The van der Waals surface area contributed by atoms with Gasteiger partial charge in [0.05, 0.1) is 0 Å². The van der Waals surface area contributed by atoms with Crippen molar-refractivity contribution in [3.05, 3.63) is 71.8 Å². The molecule has 0 aliphatic carbocycles. The van der Waals surface area contributed by atoms with E-state index in [1.54, 1.807) is 11.1 Å². The molecule has 2 aliphatic rings. The molecule has 0 spiro atoms. The van der Waals surface area contributed by atoms with Crippen LogP contribution >= 0.6 is 15.5 Å². The summed E-state index contributed by atoms with van der Waals surface area (Å²) in [5.74, 6) is 0. The molecule has 2 fully saturated rings. The van der Waals surface area contributed by atoms with Gasteiger partial charge in [0.1, 0.15) is 0 Å². The quantitative estimate of drug-likeness (QED) is 0.331. The zero-order valence-electron chi connectivity index (χ0n) is 20.8. The van der Waals surface area contributed by atoms with Crippen molar-refractivity contribution in [2.75, 3.05) is 13.2 Å². The molecule has 2 aromatic carbocycles. The van der Waals surface area contributed by atoms with Crippen LogP contribution in [-0.4, -0.2) is 29.0 Å². The number of benzene rings is 2. The first-order valence-corrected chi connectivity index (χ1v) is 17.3. The summed E-state index contributed by atoms with van der Waals surface area (Å²) >= 11 is 0. The summed E-state index contributed by atoms with van der Waals surface area (Å²) in [6, 6.07) is 23.2. The topological polar surface area (TPSA) is 3.24 Å². The Morgan fingerprint density at radius 1 is 0.750 bits per heavy atom. The van der Waals surface area contributed by atoms with Crippen molar-refractivity contribution in [2.24, 2.45) is 0 Å². The van der Waals surface area contributed by atoms with Crippen LogP contribution in [0.5, 0.6) is 0 Å². The Bertz CT molecular complexity index is 764. The molecule has 1 nitrogen and oxygen atoms in total. The molecule has 176 valence electrons. The molecule has 0 unspecified atom stereocenters. The maximum absolute atomic E-state index is 3.30. The Morgan fingerprint density at radius 2 is 1.22 bits per heavy atom. The molecule has 2 heterocycles. The Morgan fingerprint density at radius 3 is 1.62 bits per heavy atom. The molecule has 4 atom stereocenters. The van der Waals surface area contributed by atoms with Crippen molar-refractivity contribution in [2.45, 2.75) is 94.8 Å². The van der Waals surface area contributed by atoms with Crippen LogP contribution in [0.1, 0.15) is 94.6 Å². The fraction of sp³-hybridized carbons (Fsp3) is 0.586. The van der Waals surface area contributed by atoms with Crippen LogP contribution in [0.4, 0.5) is 0 Å². The number of hydrogen-bond donors (Lipinski definition) is 0. The van der Waals surface area contributed by atoms with Crippen LogP contribution in [0.25, 0.3) is 0 Å². The maximum atomic E-state index is 3.30. The van der Waals surface area contributed by atoms with E-state index >= 15 is 0 Å². The summed E-state index contributed by atoms with van der Waals surface area (Å²) in [7, 11) is -1.79. The van der Waals surface area contributed by atoms with Crippen LogP contribution in [0, 0.1) is 0 Å². The second-order valence-electron chi connectivity index (χ2n) is 10.3. The number of rotatable bonds is 9. The van der Waals surface area contributed by atoms with E-state index in [2.05, 4.69) is 92.5 Å². The standard InChI is InChI=1S/C29H45NP2/c1-5-8-23-30(32(4)26(6-2)19-20-27(32)7-3)31-28(24-15-11-9-12-16-24)21-22-29(31)25-17-13-10-14-18-25/h9-18,26-29,32H,5-8,19-23H2,1-4H3/t26-,27-,28+,29+/m1/s1. The molecule has 2 aliphatic heterocycles. The average molecular weight is 470 g/mol. The van der Waals surface area contributed by atoms with Crippen LogP contribution in [0.2, 0.25) is 0 Å². The number of nitrogens with zero attached hydrogens (tertiary/aromatic N) is 1. The second-order valence-corrected chi connectivity index (χ2v) is 17.8.